The summed E-state index contributed by atoms with van der Waals surface area (Å²) in [6.45, 7) is 0. The molecular formula is C18H14FNO4. The number of carbonyl (C=O) groups excluding carboxylic acids is 2. The third-order valence-electron chi connectivity index (χ3n) is 3.38. The zero-order chi connectivity index (χ0) is 17.3. The van der Waals surface area contributed by atoms with Crippen LogP contribution in [0.5, 0.6) is 11.5 Å². The van der Waals surface area contributed by atoms with Gasteiger partial charge in [-0.05, 0) is 35.9 Å². The normalized spacial score (nSPS) is 14.3. The van der Waals surface area contributed by atoms with Crippen LogP contribution in [0.4, 0.5) is 9.18 Å². The van der Waals surface area contributed by atoms with Crippen molar-refractivity contribution < 1.29 is 23.5 Å². The Hall–Kier alpha value is -3.15. The van der Waals surface area contributed by atoms with Gasteiger partial charge in [0, 0.05) is 20.2 Å². The number of Topliss-reactive ketones (excluding diaryl/α,β-unsaturated/α-hetero) is 1. The third-order valence-corrected chi connectivity index (χ3v) is 3.38. The Morgan fingerprint density at radius 1 is 1.17 bits per heavy atom. The highest BCUT2D eigenvalue weighted by atomic mass is 19.1. The van der Waals surface area contributed by atoms with Gasteiger partial charge in [0.15, 0.2) is 5.76 Å². The van der Waals surface area contributed by atoms with Crippen LogP contribution in [0.1, 0.15) is 15.9 Å². The molecule has 0 aromatic heterocycles. The maximum atomic E-state index is 12.9. The molecular weight excluding hydrogens is 313 g/mol. The molecule has 6 heteroatoms. The van der Waals surface area contributed by atoms with E-state index in [0.29, 0.717) is 16.9 Å². The van der Waals surface area contributed by atoms with Gasteiger partial charge in [0.25, 0.3) is 0 Å². The van der Waals surface area contributed by atoms with Crippen molar-refractivity contribution in [1.29, 1.82) is 0 Å². The number of nitrogens with zero attached hydrogens (tertiary/aromatic N) is 1. The first-order valence-electron chi connectivity index (χ1n) is 7.17. The van der Waals surface area contributed by atoms with E-state index in [2.05, 4.69) is 0 Å². The van der Waals surface area contributed by atoms with E-state index in [1.165, 1.54) is 35.2 Å². The second kappa shape index (κ2) is 6.16. The minimum absolute atomic E-state index is 0.132. The SMILES string of the molecule is CN(C)C(=O)Oc1ccc2c(c1)O/C(=C\c1ccc(F)cc1)C2=O. The van der Waals surface area contributed by atoms with Crippen molar-refractivity contribution in [2.75, 3.05) is 14.1 Å². The molecule has 122 valence electrons. The summed E-state index contributed by atoms with van der Waals surface area (Å²) >= 11 is 0. The highest BCUT2D eigenvalue weighted by Gasteiger charge is 2.28. The Morgan fingerprint density at radius 3 is 2.54 bits per heavy atom. The van der Waals surface area contributed by atoms with Crippen LogP contribution in [0.25, 0.3) is 6.08 Å². The van der Waals surface area contributed by atoms with E-state index in [1.807, 2.05) is 0 Å². The zero-order valence-electron chi connectivity index (χ0n) is 13.1. The average molecular weight is 327 g/mol. The van der Waals surface area contributed by atoms with Crippen LogP contribution in [-0.4, -0.2) is 30.9 Å². The topological polar surface area (TPSA) is 55.8 Å². The van der Waals surface area contributed by atoms with Crippen molar-refractivity contribution in [3.05, 3.63) is 65.2 Å². The van der Waals surface area contributed by atoms with E-state index in [-0.39, 0.29) is 23.1 Å². The molecule has 2 aromatic rings. The molecule has 0 aliphatic carbocycles. The lowest BCUT2D eigenvalue weighted by molar-refractivity contribution is 0.101. The molecule has 3 rings (SSSR count). The minimum atomic E-state index is -0.527. The zero-order valence-corrected chi connectivity index (χ0v) is 13.1. The average Bonchev–Trinajstić information content (AvgIpc) is 2.85. The summed E-state index contributed by atoms with van der Waals surface area (Å²) in [7, 11) is 3.14. The molecule has 0 N–H and O–H groups in total. The van der Waals surface area contributed by atoms with Gasteiger partial charge in [-0.3, -0.25) is 4.79 Å². The molecule has 0 bridgehead atoms. The number of benzene rings is 2. The van der Waals surface area contributed by atoms with E-state index < -0.39 is 6.09 Å². The van der Waals surface area contributed by atoms with Gasteiger partial charge in [-0.1, -0.05) is 12.1 Å². The summed E-state index contributed by atoms with van der Waals surface area (Å²) in [5.74, 6) is 0.0969. The van der Waals surface area contributed by atoms with Crippen molar-refractivity contribution in [3.8, 4) is 11.5 Å². The fourth-order valence-electron chi connectivity index (χ4n) is 2.13. The number of hydrogen-bond donors (Lipinski definition) is 0. The number of carbonyl (C=O) groups is 2. The van der Waals surface area contributed by atoms with Crippen molar-refractivity contribution in [1.82, 2.24) is 4.90 Å². The van der Waals surface area contributed by atoms with Crippen LogP contribution >= 0.6 is 0 Å². The van der Waals surface area contributed by atoms with Gasteiger partial charge in [-0.2, -0.15) is 0 Å². The van der Waals surface area contributed by atoms with Crippen molar-refractivity contribution in [2.45, 2.75) is 0 Å². The number of allylic oxidation sites excluding steroid dienone is 1. The lowest BCUT2D eigenvalue weighted by atomic mass is 10.1. The Morgan fingerprint density at radius 2 is 1.88 bits per heavy atom. The largest absolute Gasteiger partial charge is 0.452 e. The molecule has 1 amide bonds. The molecule has 0 radical (unpaired) electrons. The summed E-state index contributed by atoms with van der Waals surface area (Å²) in [5.41, 5.74) is 1.03. The third kappa shape index (κ3) is 3.12. The molecule has 1 aliphatic rings. The maximum Gasteiger partial charge on any atom is 0.414 e. The van der Waals surface area contributed by atoms with Gasteiger partial charge in [-0.25, -0.2) is 9.18 Å². The molecule has 0 unspecified atom stereocenters. The van der Waals surface area contributed by atoms with Gasteiger partial charge >= 0.3 is 6.09 Å². The molecule has 1 heterocycles. The number of amides is 1. The molecule has 0 atom stereocenters. The number of ether oxygens (including phenoxy) is 2. The van der Waals surface area contributed by atoms with E-state index in [9.17, 15) is 14.0 Å². The van der Waals surface area contributed by atoms with Gasteiger partial charge in [0.1, 0.15) is 17.3 Å². The second-order valence-corrected chi connectivity index (χ2v) is 5.41. The first kappa shape index (κ1) is 15.7. The summed E-state index contributed by atoms with van der Waals surface area (Å²) in [6.07, 6.45) is 1.01. The number of hydrogen-bond acceptors (Lipinski definition) is 4. The highest BCUT2D eigenvalue weighted by Crippen LogP contribution is 2.35. The van der Waals surface area contributed by atoms with Gasteiger partial charge in [0.2, 0.25) is 5.78 Å². The Balaban J connectivity index is 1.84. The quantitative estimate of drug-likeness (QED) is 0.792. The maximum absolute atomic E-state index is 12.9. The lowest BCUT2D eigenvalue weighted by Gasteiger charge is -2.10. The second-order valence-electron chi connectivity index (χ2n) is 5.41. The fraction of sp³-hybridized carbons (Fsp3) is 0.111. The number of rotatable bonds is 2. The Labute approximate surface area is 137 Å². The number of ketones is 1. The van der Waals surface area contributed by atoms with E-state index in [0.717, 1.165) is 0 Å². The molecule has 0 saturated heterocycles. The first-order valence-corrected chi connectivity index (χ1v) is 7.17. The summed E-state index contributed by atoms with van der Waals surface area (Å²) in [5, 5.41) is 0. The highest BCUT2D eigenvalue weighted by molar-refractivity contribution is 6.14. The lowest BCUT2D eigenvalue weighted by Crippen LogP contribution is -2.25. The van der Waals surface area contributed by atoms with Crippen LogP contribution in [0.2, 0.25) is 0 Å². The van der Waals surface area contributed by atoms with Crippen molar-refractivity contribution >= 4 is 18.0 Å². The minimum Gasteiger partial charge on any atom is -0.452 e. The molecule has 0 spiro atoms. The fourth-order valence-corrected chi connectivity index (χ4v) is 2.13. The molecule has 0 saturated carbocycles. The van der Waals surface area contributed by atoms with Crippen molar-refractivity contribution in [2.24, 2.45) is 0 Å². The number of halogens is 1. The molecule has 0 fully saturated rings. The van der Waals surface area contributed by atoms with E-state index in [1.54, 1.807) is 32.3 Å². The predicted octanol–water partition coefficient (Wildman–Crippen LogP) is 3.50. The number of fused-ring (bicyclic) bond motifs is 1. The van der Waals surface area contributed by atoms with Crippen LogP contribution in [0, 0.1) is 5.82 Å². The van der Waals surface area contributed by atoms with E-state index in [4.69, 9.17) is 9.47 Å². The van der Waals surface area contributed by atoms with Crippen LogP contribution < -0.4 is 9.47 Å². The molecule has 5 nitrogen and oxygen atoms in total. The summed E-state index contributed by atoms with van der Waals surface area (Å²) < 4.78 is 23.6. The molecule has 1 aliphatic heterocycles. The van der Waals surface area contributed by atoms with Crippen LogP contribution in [-0.2, 0) is 0 Å². The van der Waals surface area contributed by atoms with Gasteiger partial charge in [0.05, 0.1) is 5.56 Å². The van der Waals surface area contributed by atoms with Gasteiger partial charge in [-0.15, -0.1) is 0 Å². The standard InChI is InChI=1S/C18H14FNO4/c1-20(2)18(22)23-13-7-8-14-15(10-13)24-16(17(14)21)9-11-3-5-12(19)6-4-11/h3-10H,1-2H3/b16-9-. The molecule has 2 aromatic carbocycles. The monoisotopic (exact) mass is 327 g/mol. The van der Waals surface area contributed by atoms with Crippen LogP contribution in [0.3, 0.4) is 0 Å². The van der Waals surface area contributed by atoms with E-state index >= 15 is 0 Å². The first-order chi connectivity index (χ1) is 11.4. The van der Waals surface area contributed by atoms with Crippen molar-refractivity contribution in [3.63, 3.8) is 0 Å². The Kier molecular flexibility index (Phi) is 4.04. The predicted molar refractivity (Wildman–Crippen MR) is 85.5 cm³/mol. The Bertz CT molecular complexity index is 841. The molecule has 24 heavy (non-hydrogen) atoms. The van der Waals surface area contributed by atoms with Gasteiger partial charge < -0.3 is 14.4 Å². The summed E-state index contributed by atoms with van der Waals surface area (Å²) in [6, 6.07) is 10.3. The summed E-state index contributed by atoms with van der Waals surface area (Å²) in [4.78, 5) is 25.2. The smallest absolute Gasteiger partial charge is 0.414 e. The van der Waals surface area contributed by atoms with Crippen LogP contribution in [0.15, 0.2) is 48.2 Å².